The van der Waals surface area contributed by atoms with E-state index in [1.165, 1.54) is 44.2 Å². The SMILES string of the molecule is C/C=C/N1C(=S)N(CN2CCN(c3ccccc3OC)CC2)NC1C12CC3CC(CC(C3)C1)C2. The molecule has 2 heterocycles. The molecule has 1 atom stereocenters. The number of nitrogens with zero attached hydrogens (tertiary/aromatic N) is 4. The highest BCUT2D eigenvalue weighted by Gasteiger charge is 2.57. The zero-order valence-corrected chi connectivity index (χ0v) is 21.5. The molecule has 4 saturated carbocycles. The summed E-state index contributed by atoms with van der Waals surface area (Å²) < 4.78 is 5.59. The number of hydrogen-bond donors (Lipinski definition) is 1. The molecule has 7 heteroatoms. The lowest BCUT2D eigenvalue weighted by atomic mass is 9.48. The van der Waals surface area contributed by atoms with Crippen LogP contribution in [0, 0.1) is 23.2 Å². The van der Waals surface area contributed by atoms with E-state index >= 15 is 0 Å². The summed E-state index contributed by atoms with van der Waals surface area (Å²) in [4.78, 5) is 7.35. The highest BCUT2D eigenvalue weighted by molar-refractivity contribution is 7.80. The number of ether oxygens (including phenoxy) is 1. The molecule has 2 aliphatic heterocycles. The first-order valence-electron chi connectivity index (χ1n) is 13.2. The van der Waals surface area contributed by atoms with Crippen LogP contribution < -0.4 is 15.1 Å². The van der Waals surface area contributed by atoms with Gasteiger partial charge in [-0.25, -0.2) is 5.43 Å². The largest absolute Gasteiger partial charge is 0.495 e. The van der Waals surface area contributed by atoms with Gasteiger partial charge in [0.05, 0.1) is 19.5 Å². The maximum Gasteiger partial charge on any atom is 0.192 e. The van der Waals surface area contributed by atoms with E-state index in [2.05, 4.69) is 62.5 Å². The zero-order chi connectivity index (χ0) is 23.3. The van der Waals surface area contributed by atoms with Crippen LogP contribution in [0.4, 0.5) is 5.69 Å². The summed E-state index contributed by atoms with van der Waals surface area (Å²) in [6.45, 7) is 6.99. The Labute approximate surface area is 209 Å². The number of thiocarbonyl (C=S) groups is 1. The molecule has 4 bridgehead atoms. The first kappa shape index (κ1) is 22.6. The van der Waals surface area contributed by atoms with Crippen molar-refractivity contribution in [3.63, 3.8) is 0 Å². The van der Waals surface area contributed by atoms with Crippen molar-refractivity contribution < 1.29 is 4.74 Å². The summed E-state index contributed by atoms with van der Waals surface area (Å²) in [6.07, 6.45) is 13.2. The van der Waals surface area contributed by atoms with Crippen molar-refractivity contribution in [2.75, 3.05) is 44.9 Å². The first-order chi connectivity index (χ1) is 16.6. The van der Waals surface area contributed by atoms with Gasteiger partial charge in [-0.15, -0.1) is 0 Å². The molecule has 0 amide bonds. The van der Waals surface area contributed by atoms with Crippen molar-refractivity contribution >= 4 is 23.0 Å². The van der Waals surface area contributed by atoms with E-state index in [0.29, 0.717) is 11.6 Å². The number of anilines is 1. The predicted molar refractivity (Wildman–Crippen MR) is 140 cm³/mol. The normalized spacial score (nSPS) is 35.7. The number of piperazine rings is 1. The molecule has 34 heavy (non-hydrogen) atoms. The van der Waals surface area contributed by atoms with Gasteiger partial charge < -0.3 is 14.5 Å². The Balaban J connectivity index is 1.13. The monoisotopic (exact) mass is 481 g/mol. The minimum atomic E-state index is 0.305. The summed E-state index contributed by atoms with van der Waals surface area (Å²) in [6, 6.07) is 8.35. The fourth-order valence-electron chi connectivity index (χ4n) is 8.09. The second kappa shape index (κ2) is 8.99. The van der Waals surface area contributed by atoms with Gasteiger partial charge in [0.25, 0.3) is 0 Å². The Morgan fingerprint density at radius 2 is 1.68 bits per heavy atom. The quantitative estimate of drug-likeness (QED) is 0.608. The lowest BCUT2D eigenvalue weighted by Crippen LogP contribution is -2.59. The van der Waals surface area contributed by atoms with Crippen molar-refractivity contribution in [2.45, 2.75) is 51.6 Å². The second-order valence-electron chi connectivity index (χ2n) is 11.3. The predicted octanol–water partition coefficient (Wildman–Crippen LogP) is 4.26. The lowest BCUT2D eigenvalue weighted by molar-refractivity contribution is -0.0934. The highest BCUT2D eigenvalue weighted by atomic mass is 32.1. The Morgan fingerprint density at radius 3 is 2.29 bits per heavy atom. The summed E-state index contributed by atoms with van der Waals surface area (Å²) >= 11 is 6.04. The van der Waals surface area contributed by atoms with Crippen molar-refractivity contribution in [1.29, 1.82) is 0 Å². The average molecular weight is 482 g/mol. The number of para-hydroxylation sites is 2. The third-order valence-corrected chi connectivity index (χ3v) is 9.55. The fraction of sp³-hybridized carbons (Fsp3) is 0.667. The number of hydrogen-bond acceptors (Lipinski definition) is 5. The van der Waals surface area contributed by atoms with Gasteiger partial charge in [-0.2, -0.15) is 0 Å². The van der Waals surface area contributed by atoms with E-state index in [0.717, 1.165) is 61.5 Å². The van der Waals surface area contributed by atoms with Crippen LogP contribution in [0.1, 0.15) is 45.4 Å². The van der Waals surface area contributed by atoms with Crippen LogP contribution in [0.15, 0.2) is 36.5 Å². The zero-order valence-electron chi connectivity index (χ0n) is 20.7. The molecule has 6 fully saturated rings. The van der Waals surface area contributed by atoms with Crippen LogP contribution in [0.3, 0.4) is 0 Å². The van der Waals surface area contributed by atoms with E-state index in [-0.39, 0.29) is 0 Å². The molecule has 0 spiro atoms. The van der Waals surface area contributed by atoms with Crippen LogP contribution >= 0.6 is 12.2 Å². The lowest BCUT2D eigenvalue weighted by Gasteiger charge is -2.59. The molecule has 1 aromatic carbocycles. The minimum absolute atomic E-state index is 0.305. The number of benzene rings is 1. The van der Waals surface area contributed by atoms with E-state index in [1.807, 2.05) is 6.07 Å². The van der Waals surface area contributed by atoms with Gasteiger partial charge in [-0.1, -0.05) is 18.2 Å². The molecule has 0 aromatic heterocycles. The highest BCUT2D eigenvalue weighted by Crippen LogP contribution is 2.62. The van der Waals surface area contributed by atoms with Crippen molar-refractivity contribution in [3.05, 3.63) is 36.5 Å². The van der Waals surface area contributed by atoms with Gasteiger partial charge >= 0.3 is 0 Å². The molecule has 4 aliphatic carbocycles. The summed E-state index contributed by atoms with van der Waals surface area (Å²) in [5.74, 6) is 3.77. The van der Waals surface area contributed by atoms with Gasteiger partial charge in [0.15, 0.2) is 5.11 Å². The summed E-state index contributed by atoms with van der Waals surface area (Å²) in [5.41, 5.74) is 5.50. The molecule has 2 saturated heterocycles. The van der Waals surface area contributed by atoms with Crippen LogP contribution in [0.2, 0.25) is 0 Å². The molecule has 0 radical (unpaired) electrons. The van der Waals surface area contributed by atoms with Crippen LogP contribution in [-0.2, 0) is 0 Å². The number of nitrogens with one attached hydrogen (secondary N) is 1. The molecule has 6 nitrogen and oxygen atoms in total. The second-order valence-corrected chi connectivity index (χ2v) is 11.7. The van der Waals surface area contributed by atoms with Crippen LogP contribution in [0.25, 0.3) is 0 Å². The smallest absolute Gasteiger partial charge is 0.192 e. The molecule has 1 aromatic rings. The standard InChI is InChI=1S/C27H39N5OS/c1-3-8-31-25(27-16-20-13-21(17-27)15-22(14-20)18-27)28-32(26(31)34)19-29-9-11-30(12-10-29)23-6-4-5-7-24(23)33-2/h3-8,20-22,25,28H,9-19H2,1-2H3/b8-3+. The van der Waals surface area contributed by atoms with Gasteiger partial charge in [0.1, 0.15) is 11.9 Å². The molecular weight excluding hydrogens is 442 g/mol. The number of allylic oxidation sites excluding steroid dienone is 1. The van der Waals surface area contributed by atoms with Crippen molar-refractivity contribution in [2.24, 2.45) is 23.2 Å². The minimum Gasteiger partial charge on any atom is -0.495 e. The molecule has 6 aliphatic rings. The van der Waals surface area contributed by atoms with Gasteiger partial charge in [-0.05, 0) is 87.6 Å². The fourth-order valence-corrected chi connectivity index (χ4v) is 8.37. The maximum absolute atomic E-state index is 6.04. The molecule has 1 N–H and O–H groups in total. The molecule has 1 unspecified atom stereocenters. The number of methoxy groups -OCH3 is 1. The van der Waals surface area contributed by atoms with E-state index < -0.39 is 0 Å². The Bertz CT molecular complexity index is 907. The number of rotatable bonds is 6. The maximum atomic E-state index is 6.04. The van der Waals surface area contributed by atoms with E-state index in [1.54, 1.807) is 7.11 Å². The van der Waals surface area contributed by atoms with Crippen molar-refractivity contribution in [3.8, 4) is 5.75 Å². The van der Waals surface area contributed by atoms with Gasteiger partial charge in [-0.3, -0.25) is 9.91 Å². The van der Waals surface area contributed by atoms with Crippen LogP contribution in [-0.4, -0.2) is 66.0 Å². The molecular formula is C27H39N5OS. The third kappa shape index (κ3) is 3.90. The Morgan fingerprint density at radius 1 is 1.03 bits per heavy atom. The summed E-state index contributed by atoms with van der Waals surface area (Å²) in [7, 11) is 1.76. The van der Waals surface area contributed by atoms with Crippen molar-refractivity contribution in [1.82, 2.24) is 20.2 Å². The number of hydrazine groups is 1. The Kier molecular flexibility index (Phi) is 5.98. The van der Waals surface area contributed by atoms with E-state index in [9.17, 15) is 0 Å². The topological polar surface area (TPSA) is 34.2 Å². The summed E-state index contributed by atoms with van der Waals surface area (Å²) in [5, 5.41) is 3.20. The molecule has 184 valence electrons. The van der Waals surface area contributed by atoms with Crippen LogP contribution in [0.5, 0.6) is 5.75 Å². The van der Waals surface area contributed by atoms with Gasteiger partial charge in [0, 0.05) is 37.8 Å². The Hall–Kier alpha value is -1.83. The third-order valence-electron chi connectivity index (χ3n) is 9.12. The molecule has 7 rings (SSSR count). The first-order valence-corrected chi connectivity index (χ1v) is 13.6. The van der Waals surface area contributed by atoms with E-state index in [4.69, 9.17) is 17.0 Å². The van der Waals surface area contributed by atoms with Gasteiger partial charge in [0.2, 0.25) is 0 Å². The average Bonchev–Trinajstić information content (AvgIpc) is 3.15.